The van der Waals surface area contributed by atoms with Crippen LogP contribution < -0.4 is 5.32 Å². The summed E-state index contributed by atoms with van der Waals surface area (Å²) in [5, 5.41) is 3.33. The molecule has 1 aliphatic rings. The summed E-state index contributed by atoms with van der Waals surface area (Å²) in [7, 11) is 1.72. The zero-order valence-corrected chi connectivity index (χ0v) is 10.0. The van der Waals surface area contributed by atoms with Gasteiger partial charge in [0.25, 0.3) is 0 Å². The first kappa shape index (κ1) is 11.1. The minimum absolute atomic E-state index is 0.0345. The average Bonchev–Trinajstić information content (AvgIpc) is 2.68. The van der Waals surface area contributed by atoms with Crippen molar-refractivity contribution in [1.29, 1.82) is 0 Å². The van der Waals surface area contributed by atoms with Crippen LogP contribution in [0.2, 0.25) is 0 Å². The van der Waals surface area contributed by atoms with Gasteiger partial charge in [0.15, 0.2) is 6.23 Å². The van der Waals surface area contributed by atoms with E-state index in [-0.39, 0.29) is 11.8 Å². The van der Waals surface area contributed by atoms with Crippen molar-refractivity contribution in [3.63, 3.8) is 0 Å². The highest BCUT2D eigenvalue weighted by Crippen LogP contribution is 2.26. The van der Waals surface area contributed by atoms with Crippen molar-refractivity contribution in [3.8, 4) is 0 Å². The third-order valence-electron chi connectivity index (χ3n) is 3.20. The average molecular weight is 218 g/mol. The van der Waals surface area contributed by atoms with Gasteiger partial charge in [-0.15, -0.1) is 0 Å². The molecule has 0 spiro atoms. The van der Waals surface area contributed by atoms with Gasteiger partial charge >= 0.3 is 0 Å². The normalized spacial score (nSPS) is 28.7. The zero-order chi connectivity index (χ0) is 11.6. The van der Waals surface area contributed by atoms with Crippen LogP contribution in [0.1, 0.15) is 25.8 Å². The lowest BCUT2D eigenvalue weighted by Crippen LogP contribution is -2.43. The molecule has 0 saturated heterocycles. The Bertz CT molecular complexity index is 388. The molecule has 2 rings (SSSR count). The summed E-state index contributed by atoms with van der Waals surface area (Å²) >= 11 is 0. The molecule has 1 aliphatic heterocycles. The SMILES string of the molecule is CCC1(C)N=C(c2ccccc2)NC1OC. The Hall–Kier alpha value is -1.35. The second kappa shape index (κ2) is 4.26. The van der Waals surface area contributed by atoms with Gasteiger partial charge in [-0.3, -0.25) is 4.99 Å². The van der Waals surface area contributed by atoms with Crippen LogP contribution in [0.25, 0.3) is 0 Å². The highest BCUT2D eigenvalue weighted by molar-refractivity contribution is 6.00. The minimum Gasteiger partial charge on any atom is -0.359 e. The number of ether oxygens (including phenoxy) is 1. The van der Waals surface area contributed by atoms with Gasteiger partial charge < -0.3 is 10.1 Å². The molecule has 2 atom stereocenters. The van der Waals surface area contributed by atoms with E-state index in [0.717, 1.165) is 17.8 Å². The van der Waals surface area contributed by atoms with Gasteiger partial charge in [0.05, 0.1) is 0 Å². The van der Waals surface area contributed by atoms with Crippen LogP contribution in [0.5, 0.6) is 0 Å². The first-order valence-corrected chi connectivity index (χ1v) is 5.64. The molecule has 0 aliphatic carbocycles. The van der Waals surface area contributed by atoms with Crippen LogP contribution in [-0.4, -0.2) is 24.7 Å². The first-order valence-electron chi connectivity index (χ1n) is 5.64. The maximum Gasteiger partial charge on any atom is 0.153 e. The molecule has 1 aromatic rings. The monoisotopic (exact) mass is 218 g/mol. The molecule has 0 amide bonds. The van der Waals surface area contributed by atoms with E-state index in [1.165, 1.54) is 0 Å². The summed E-state index contributed by atoms with van der Waals surface area (Å²) in [5.41, 5.74) is 0.946. The Morgan fingerprint density at radius 3 is 2.56 bits per heavy atom. The largest absolute Gasteiger partial charge is 0.359 e. The zero-order valence-electron chi connectivity index (χ0n) is 10.0. The van der Waals surface area contributed by atoms with E-state index < -0.39 is 0 Å². The van der Waals surface area contributed by atoms with E-state index in [1.807, 2.05) is 18.2 Å². The van der Waals surface area contributed by atoms with E-state index >= 15 is 0 Å². The van der Waals surface area contributed by atoms with Crippen LogP contribution in [0.4, 0.5) is 0 Å². The lowest BCUT2D eigenvalue weighted by Gasteiger charge is -2.25. The number of nitrogens with one attached hydrogen (secondary N) is 1. The molecule has 2 unspecified atom stereocenters. The number of methoxy groups -OCH3 is 1. The lowest BCUT2D eigenvalue weighted by atomic mass is 9.99. The highest BCUT2D eigenvalue weighted by atomic mass is 16.5. The first-order chi connectivity index (χ1) is 7.69. The highest BCUT2D eigenvalue weighted by Gasteiger charge is 2.38. The molecule has 3 nitrogen and oxygen atoms in total. The molecule has 0 bridgehead atoms. The van der Waals surface area contributed by atoms with Crippen LogP contribution in [0, 0.1) is 0 Å². The van der Waals surface area contributed by atoms with Crippen molar-refractivity contribution >= 4 is 5.84 Å². The summed E-state index contributed by atoms with van der Waals surface area (Å²) in [6.07, 6.45) is 0.919. The van der Waals surface area contributed by atoms with Crippen LogP contribution >= 0.6 is 0 Å². The van der Waals surface area contributed by atoms with Gasteiger partial charge in [-0.1, -0.05) is 37.3 Å². The fraction of sp³-hybridized carbons (Fsp3) is 0.462. The van der Waals surface area contributed by atoms with Gasteiger partial charge in [0, 0.05) is 12.7 Å². The van der Waals surface area contributed by atoms with E-state index in [0.29, 0.717) is 0 Å². The topological polar surface area (TPSA) is 33.6 Å². The maximum atomic E-state index is 5.44. The van der Waals surface area contributed by atoms with Gasteiger partial charge in [-0.2, -0.15) is 0 Å². The molecule has 0 saturated carbocycles. The summed E-state index contributed by atoms with van der Waals surface area (Å²) in [6.45, 7) is 4.25. The standard InChI is InChI=1S/C13H18N2O/c1-4-13(2)12(16-3)14-11(15-13)10-8-6-5-7-9-10/h5-9,12H,4H2,1-3H3,(H,14,15). The van der Waals surface area contributed by atoms with Gasteiger partial charge in [0.2, 0.25) is 0 Å². The van der Waals surface area contributed by atoms with E-state index in [1.54, 1.807) is 7.11 Å². The Morgan fingerprint density at radius 2 is 2.06 bits per heavy atom. The molecular formula is C13H18N2O. The molecule has 1 aromatic carbocycles. The molecule has 0 fully saturated rings. The number of hydrogen-bond acceptors (Lipinski definition) is 3. The van der Waals surface area contributed by atoms with Crippen molar-refractivity contribution in [2.24, 2.45) is 4.99 Å². The number of benzene rings is 1. The predicted octanol–water partition coefficient (Wildman–Crippen LogP) is 2.18. The van der Waals surface area contributed by atoms with Crippen molar-refractivity contribution in [3.05, 3.63) is 35.9 Å². The Kier molecular flexibility index (Phi) is 2.97. The van der Waals surface area contributed by atoms with Crippen molar-refractivity contribution in [2.45, 2.75) is 32.0 Å². The van der Waals surface area contributed by atoms with Crippen LogP contribution in [-0.2, 0) is 4.74 Å². The molecule has 86 valence electrons. The van der Waals surface area contributed by atoms with Gasteiger partial charge in [-0.05, 0) is 13.3 Å². The van der Waals surface area contributed by atoms with Gasteiger partial charge in [-0.25, -0.2) is 0 Å². The smallest absolute Gasteiger partial charge is 0.153 e. The molecule has 1 heterocycles. The summed E-state index contributed by atoms with van der Waals surface area (Å²) in [4.78, 5) is 4.74. The molecule has 0 radical (unpaired) electrons. The van der Waals surface area contributed by atoms with Crippen molar-refractivity contribution in [2.75, 3.05) is 7.11 Å². The predicted molar refractivity (Wildman–Crippen MR) is 65.6 cm³/mol. The van der Waals surface area contributed by atoms with Crippen LogP contribution in [0.3, 0.4) is 0 Å². The van der Waals surface area contributed by atoms with Crippen molar-refractivity contribution in [1.82, 2.24) is 5.32 Å². The van der Waals surface area contributed by atoms with Crippen molar-refractivity contribution < 1.29 is 4.74 Å². The van der Waals surface area contributed by atoms with Crippen LogP contribution in [0.15, 0.2) is 35.3 Å². The number of nitrogens with zero attached hydrogens (tertiary/aromatic N) is 1. The second-order valence-corrected chi connectivity index (χ2v) is 4.30. The third kappa shape index (κ3) is 1.83. The number of amidine groups is 1. The quantitative estimate of drug-likeness (QED) is 0.843. The number of hydrogen-bond donors (Lipinski definition) is 1. The number of aliphatic imine (C=N–C) groups is 1. The maximum absolute atomic E-state index is 5.44. The number of rotatable bonds is 3. The molecular weight excluding hydrogens is 200 g/mol. The third-order valence-corrected chi connectivity index (χ3v) is 3.20. The van der Waals surface area contributed by atoms with Gasteiger partial charge in [0.1, 0.15) is 11.4 Å². The second-order valence-electron chi connectivity index (χ2n) is 4.30. The summed E-state index contributed by atoms with van der Waals surface area (Å²) < 4.78 is 5.44. The van der Waals surface area contributed by atoms with E-state index in [4.69, 9.17) is 9.73 Å². The Labute approximate surface area is 96.5 Å². The lowest BCUT2D eigenvalue weighted by molar-refractivity contribution is 0.0414. The molecule has 16 heavy (non-hydrogen) atoms. The Morgan fingerprint density at radius 1 is 1.38 bits per heavy atom. The molecule has 0 aromatic heterocycles. The molecule has 3 heteroatoms. The molecule has 1 N–H and O–H groups in total. The minimum atomic E-state index is -0.167. The van der Waals surface area contributed by atoms with E-state index in [9.17, 15) is 0 Å². The summed E-state index contributed by atoms with van der Waals surface area (Å²) in [5.74, 6) is 0.928. The summed E-state index contributed by atoms with van der Waals surface area (Å²) in [6, 6.07) is 10.2. The van der Waals surface area contributed by atoms with E-state index in [2.05, 4.69) is 31.3 Å². The Balaban J connectivity index is 2.30. The fourth-order valence-corrected chi connectivity index (χ4v) is 1.95. The fourth-order valence-electron chi connectivity index (χ4n) is 1.95.